The molecule has 1 saturated heterocycles. The second-order valence-electron chi connectivity index (χ2n) is 9.00. The van der Waals surface area contributed by atoms with Crippen LogP contribution < -0.4 is 5.32 Å². The van der Waals surface area contributed by atoms with Gasteiger partial charge in [-0.3, -0.25) is 0 Å². The zero-order valence-corrected chi connectivity index (χ0v) is 20.8. The minimum atomic E-state index is -5.08. The molecule has 1 fully saturated rings. The number of fused-ring (bicyclic) bond motifs is 2. The maximum absolute atomic E-state index is 10.6. The highest BCUT2D eigenvalue weighted by atomic mass is 19.4. The molecule has 4 rings (SSSR count). The Hall–Kier alpha value is -3.13. The zero-order chi connectivity index (χ0) is 28.7. The average molecular weight is 553 g/mol. The molecular weight excluding hydrogens is 522 g/mol. The highest BCUT2D eigenvalue weighted by Crippen LogP contribution is 2.50. The van der Waals surface area contributed by atoms with Crippen LogP contribution >= 0.6 is 0 Å². The van der Waals surface area contributed by atoms with Gasteiger partial charge in [-0.05, 0) is 55.4 Å². The van der Waals surface area contributed by atoms with E-state index in [1.165, 1.54) is 44.5 Å². The van der Waals surface area contributed by atoms with Crippen molar-refractivity contribution in [3.63, 3.8) is 0 Å². The van der Waals surface area contributed by atoms with Crippen LogP contribution in [0.4, 0.5) is 26.3 Å². The number of aromatic nitrogens is 2. The number of rotatable bonds is 4. The highest BCUT2D eigenvalue weighted by Gasteiger charge is 2.45. The number of carbonyl (C=O) groups is 2. The van der Waals surface area contributed by atoms with Gasteiger partial charge in [-0.25, -0.2) is 14.6 Å². The lowest BCUT2D eigenvalue weighted by molar-refractivity contribution is -0.193. The van der Waals surface area contributed by atoms with E-state index in [2.05, 4.69) is 58.0 Å². The number of nitrogens with zero attached hydrogens (tertiary/aromatic N) is 3. The van der Waals surface area contributed by atoms with Gasteiger partial charge in [0.25, 0.3) is 0 Å². The lowest BCUT2D eigenvalue weighted by Gasteiger charge is -2.40. The van der Waals surface area contributed by atoms with Gasteiger partial charge in [0.05, 0.1) is 6.54 Å². The number of alkyl halides is 6. The van der Waals surface area contributed by atoms with Gasteiger partial charge in [0.2, 0.25) is 0 Å². The molecule has 1 atom stereocenters. The van der Waals surface area contributed by atoms with Gasteiger partial charge < -0.3 is 25.0 Å². The molecule has 1 spiro atoms. The number of carboxylic acids is 2. The molecule has 0 radical (unpaired) electrons. The van der Waals surface area contributed by atoms with Crippen molar-refractivity contribution in [2.45, 2.75) is 56.5 Å². The summed E-state index contributed by atoms with van der Waals surface area (Å²) in [4.78, 5) is 24.8. The second-order valence-corrected chi connectivity index (χ2v) is 9.00. The number of piperidine rings is 1. The van der Waals surface area contributed by atoms with Gasteiger partial charge in [0, 0.05) is 25.5 Å². The van der Waals surface area contributed by atoms with Gasteiger partial charge in [-0.2, -0.15) is 26.3 Å². The van der Waals surface area contributed by atoms with Gasteiger partial charge in [0.15, 0.2) is 0 Å². The largest absolute Gasteiger partial charge is 0.490 e. The number of aliphatic carboxylic acids is 2. The van der Waals surface area contributed by atoms with Crippen molar-refractivity contribution in [2.75, 3.05) is 19.6 Å². The molecule has 8 nitrogen and oxygen atoms in total. The van der Waals surface area contributed by atoms with E-state index in [9.17, 15) is 26.3 Å². The van der Waals surface area contributed by atoms with E-state index in [0.717, 1.165) is 12.4 Å². The van der Waals surface area contributed by atoms with Gasteiger partial charge >= 0.3 is 24.3 Å². The average Bonchev–Trinajstić information content (AvgIpc) is 3.39. The first-order valence-electron chi connectivity index (χ1n) is 11.7. The normalized spacial score (nSPS) is 18.6. The Morgan fingerprint density at radius 3 is 2.03 bits per heavy atom. The molecule has 0 bridgehead atoms. The Kier molecular flexibility index (Phi) is 10.3. The van der Waals surface area contributed by atoms with Crippen LogP contribution in [0.3, 0.4) is 0 Å². The van der Waals surface area contributed by atoms with Crippen molar-refractivity contribution >= 4 is 11.9 Å². The smallest absolute Gasteiger partial charge is 0.475 e. The molecule has 2 aromatic rings. The first-order chi connectivity index (χ1) is 17.6. The Bertz CT molecular complexity index is 1050. The summed E-state index contributed by atoms with van der Waals surface area (Å²) >= 11 is 0. The standard InChI is InChI=1S/C20H28N4.2C2HF3O2/c1-3-24-11-8-20(9-12-24)14-18(16-6-4-5-7-17(16)20)22-15-19-21-10-13-23(19)2;2*3-2(4,5)1(6)7/h4-7,10,13,18,22H,3,8-9,11-12,14-15H2,1-2H3;2*(H,6,7). The number of hydrogen-bond acceptors (Lipinski definition) is 5. The van der Waals surface area contributed by atoms with E-state index in [1.54, 1.807) is 5.56 Å². The van der Waals surface area contributed by atoms with E-state index < -0.39 is 24.3 Å². The fraction of sp³-hybridized carbons (Fsp3) is 0.542. The molecule has 1 aliphatic heterocycles. The van der Waals surface area contributed by atoms with E-state index in [-0.39, 0.29) is 0 Å². The number of halogens is 6. The topological polar surface area (TPSA) is 108 Å². The van der Waals surface area contributed by atoms with E-state index >= 15 is 0 Å². The molecule has 2 heterocycles. The van der Waals surface area contributed by atoms with Crippen LogP contribution in [0.25, 0.3) is 0 Å². The minimum Gasteiger partial charge on any atom is -0.475 e. The predicted molar refractivity (Wildman–Crippen MR) is 124 cm³/mol. The summed E-state index contributed by atoms with van der Waals surface area (Å²) in [6, 6.07) is 9.56. The molecular formula is C24H30F6N4O4. The van der Waals surface area contributed by atoms with Gasteiger partial charge in [0.1, 0.15) is 5.82 Å². The van der Waals surface area contributed by atoms with E-state index in [1.807, 2.05) is 12.4 Å². The van der Waals surface area contributed by atoms with E-state index in [0.29, 0.717) is 11.5 Å². The summed E-state index contributed by atoms with van der Waals surface area (Å²) in [5.74, 6) is -4.41. The zero-order valence-electron chi connectivity index (χ0n) is 20.8. The van der Waals surface area contributed by atoms with Crippen LogP contribution in [-0.4, -0.2) is 68.6 Å². The third kappa shape index (κ3) is 8.18. The van der Waals surface area contributed by atoms with Gasteiger partial charge in [-0.15, -0.1) is 0 Å². The van der Waals surface area contributed by atoms with Crippen LogP contribution in [0.1, 0.15) is 49.2 Å². The quantitative estimate of drug-likeness (QED) is 0.487. The molecule has 1 aromatic carbocycles. The Morgan fingerprint density at radius 1 is 1.05 bits per heavy atom. The number of carboxylic acid groups (broad SMARTS) is 2. The summed E-state index contributed by atoms with van der Waals surface area (Å²) in [6.07, 6.45) is -2.46. The first kappa shape index (κ1) is 31.1. The van der Waals surface area contributed by atoms with Crippen molar-refractivity contribution in [1.29, 1.82) is 0 Å². The van der Waals surface area contributed by atoms with Crippen LogP contribution in [0.15, 0.2) is 36.7 Å². The lowest BCUT2D eigenvalue weighted by Crippen LogP contribution is -2.41. The Balaban J connectivity index is 0.000000301. The fourth-order valence-corrected chi connectivity index (χ4v) is 4.63. The number of imidazole rings is 1. The molecule has 1 unspecified atom stereocenters. The Morgan fingerprint density at radius 2 is 1.58 bits per heavy atom. The van der Waals surface area contributed by atoms with Crippen LogP contribution in [-0.2, 0) is 28.6 Å². The first-order valence-corrected chi connectivity index (χ1v) is 11.7. The SMILES string of the molecule is CCN1CCC2(CC1)CC(NCc1nccn1C)c1ccccc12.O=C(O)C(F)(F)F.O=C(O)C(F)(F)F. The highest BCUT2D eigenvalue weighted by molar-refractivity contribution is 5.73. The molecule has 38 heavy (non-hydrogen) atoms. The molecule has 1 aromatic heterocycles. The van der Waals surface area contributed by atoms with Crippen molar-refractivity contribution in [1.82, 2.24) is 19.8 Å². The molecule has 1 aliphatic carbocycles. The van der Waals surface area contributed by atoms with Gasteiger partial charge in [-0.1, -0.05) is 31.2 Å². The van der Waals surface area contributed by atoms with Crippen LogP contribution in [0.5, 0.6) is 0 Å². The molecule has 14 heteroatoms. The monoisotopic (exact) mass is 552 g/mol. The maximum Gasteiger partial charge on any atom is 0.490 e. The summed E-state index contributed by atoms with van der Waals surface area (Å²) in [5, 5.41) is 18.0. The van der Waals surface area contributed by atoms with Crippen LogP contribution in [0, 0.1) is 0 Å². The fourth-order valence-electron chi connectivity index (χ4n) is 4.63. The van der Waals surface area contributed by atoms with E-state index in [4.69, 9.17) is 19.8 Å². The minimum absolute atomic E-state index is 0.377. The summed E-state index contributed by atoms with van der Waals surface area (Å²) in [6.45, 7) is 6.75. The predicted octanol–water partition coefficient (Wildman–Crippen LogP) is 4.27. The number of likely N-dealkylation sites (tertiary alicyclic amines) is 1. The van der Waals surface area contributed by atoms with Crippen molar-refractivity contribution < 1.29 is 46.1 Å². The second kappa shape index (κ2) is 12.6. The number of nitrogens with one attached hydrogen (secondary N) is 1. The molecule has 0 saturated carbocycles. The molecule has 3 N–H and O–H groups in total. The van der Waals surface area contributed by atoms with Crippen molar-refractivity contribution in [3.8, 4) is 0 Å². The number of hydrogen-bond donors (Lipinski definition) is 3. The molecule has 2 aliphatic rings. The number of aryl methyl sites for hydroxylation is 1. The third-order valence-electron chi connectivity index (χ3n) is 6.68. The van der Waals surface area contributed by atoms with Crippen molar-refractivity contribution in [3.05, 3.63) is 53.6 Å². The third-order valence-corrected chi connectivity index (χ3v) is 6.68. The summed E-state index contributed by atoms with van der Waals surface area (Å²) in [5.41, 5.74) is 3.48. The molecule has 212 valence electrons. The maximum atomic E-state index is 10.6. The number of benzene rings is 1. The Labute approximate surface area is 215 Å². The molecule has 0 amide bonds. The summed E-state index contributed by atoms with van der Waals surface area (Å²) in [7, 11) is 2.06. The lowest BCUT2D eigenvalue weighted by atomic mass is 9.73. The summed E-state index contributed by atoms with van der Waals surface area (Å²) < 4.78 is 65.6. The van der Waals surface area contributed by atoms with Crippen LogP contribution in [0.2, 0.25) is 0 Å². The van der Waals surface area contributed by atoms with Crippen molar-refractivity contribution in [2.24, 2.45) is 7.05 Å².